The molecule has 0 aromatic heterocycles. The zero-order chi connectivity index (χ0) is 59.7. The van der Waals surface area contributed by atoms with Gasteiger partial charge in [-0.1, -0.05) is 334 Å². The van der Waals surface area contributed by atoms with Crippen LogP contribution in [0.15, 0.2) is 12.2 Å². The molecule has 7 atom stereocenters. The number of amides is 1. The Bertz CT molecular complexity index is 1490. The molecule has 13 heteroatoms. The second-order valence-electron chi connectivity index (χ2n) is 25.2. The lowest BCUT2D eigenvalue weighted by molar-refractivity contribution is -0.298. The molecule has 82 heavy (non-hydrogen) atoms. The molecule has 1 amide bonds. The maximum absolute atomic E-state index is 13.2. The van der Waals surface area contributed by atoms with Crippen molar-refractivity contribution in [1.29, 1.82) is 0 Å². The van der Waals surface area contributed by atoms with Crippen molar-refractivity contribution in [3.63, 3.8) is 0 Å². The van der Waals surface area contributed by atoms with E-state index in [1.807, 2.05) is 0 Å². The molecule has 0 spiro atoms. The summed E-state index contributed by atoms with van der Waals surface area (Å²) in [6.07, 6.45) is 65.4. The van der Waals surface area contributed by atoms with Crippen LogP contribution < -0.4 is 5.32 Å². The number of allylic oxidation sites excluding steroid dienone is 2. The Kier molecular flexibility index (Phi) is 56.6. The molecule has 488 valence electrons. The van der Waals surface area contributed by atoms with E-state index in [-0.39, 0.29) is 12.5 Å². The average molecular weight is 1190 g/mol. The maximum atomic E-state index is 13.2. The van der Waals surface area contributed by atoms with Gasteiger partial charge in [0.1, 0.15) is 24.4 Å². The summed E-state index contributed by atoms with van der Waals surface area (Å²) in [6.45, 7) is 3.53. The van der Waals surface area contributed by atoms with E-state index in [2.05, 4.69) is 35.5 Å². The molecular weight excluding hydrogens is 1050 g/mol. The van der Waals surface area contributed by atoms with Gasteiger partial charge in [-0.2, -0.15) is 8.42 Å². The fraction of sp³-hybridized carbons (Fsp3) is 0.957. The van der Waals surface area contributed by atoms with Gasteiger partial charge in [0, 0.05) is 6.42 Å². The summed E-state index contributed by atoms with van der Waals surface area (Å²) in [6, 6.07) is -0.857. The van der Waals surface area contributed by atoms with E-state index in [1.54, 1.807) is 0 Å². The van der Waals surface area contributed by atoms with Crippen LogP contribution in [0.2, 0.25) is 0 Å². The van der Waals surface area contributed by atoms with Crippen molar-refractivity contribution in [2.75, 3.05) is 13.2 Å². The molecule has 1 saturated heterocycles. The molecule has 1 aliphatic heterocycles. The molecule has 0 aromatic carbocycles. The number of nitrogens with one attached hydrogen (secondary N) is 1. The summed E-state index contributed by atoms with van der Waals surface area (Å²) >= 11 is 0. The van der Waals surface area contributed by atoms with Gasteiger partial charge in [0.05, 0.1) is 25.4 Å². The molecule has 1 rings (SSSR count). The first kappa shape index (κ1) is 78.9. The zero-order valence-electron chi connectivity index (χ0n) is 53.6. The van der Waals surface area contributed by atoms with E-state index in [9.17, 15) is 38.2 Å². The predicted octanol–water partition coefficient (Wildman–Crippen LogP) is 18.5. The topological polar surface area (TPSA) is 192 Å². The van der Waals surface area contributed by atoms with Gasteiger partial charge in [0.25, 0.3) is 0 Å². The van der Waals surface area contributed by atoms with Crippen molar-refractivity contribution < 1.29 is 51.8 Å². The molecule has 0 radical (unpaired) electrons. The van der Waals surface area contributed by atoms with Crippen LogP contribution in [0.1, 0.15) is 367 Å². The summed E-state index contributed by atoms with van der Waals surface area (Å²) in [5, 5.41) is 45.3. The lowest BCUT2D eigenvalue weighted by Gasteiger charge is -2.41. The van der Waals surface area contributed by atoms with Crippen molar-refractivity contribution >= 4 is 16.3 Å². The molecule has 0 bridgehead atoms. The zero-order valence-corrected chi connectivity index (χ0v) is 54.4. The van der Waals surface area contributed by atoms with E-state index in [1.165, 1.54) is 289 Å². The summed E-state index contributed by atoms with van der Waals surface area (Å²) in [5.41, 5.74) is 0. The number of carbonyl (C=O) groups is 1. The Balaban J connectivity index is 2.21. The van der Waals surface area contributed by atoms with Gasteiger partial charge < -0.3 is 35.2 Å². The first-order valence-corrected chi connectivity index (χ1v) is 36.9. The van der Waals surface area contributed by atoms with Crippen LogP contribution in [0.25, 0.3) is 0 Å². The largest absolute Gasteiger partial charge is 0.397 e. The molecule has 0 saturated carbocycles. The molecule has 1 aliphatic rings. The van der Waals surface area contributed by atoms with E-state index < -0.39 is 59.9 Å². The number of rotatable bonds is 64. The van der Waals surface area contributed by atoms with Gasteiger partial charge in [-0.05, 0) is 38.5 Å². The standard InChI is InChI=1S/C69H135NO11S/c1-3-5-7-9-11-13-15-17-19-21-23-25-27-28-29-30-31-32-33-34-35-37-39-41-43-45-47-49-51-53-55-57-59-65(73)70-62(61-79-69-67(75)68(81-82(76,77)78)66(74)64(60-71)80-69)63(72)58-56-54-52-50-48-46-44-42-40-38-36-26-24-22-20-18-16-14-12-10-8-6-4-2/h28-29,62-64,66-69,71-72,74-75H,3-27,30-61H2,1-2H3,(H,70,73)(H,76,77,78)/b29-28-. The molecule has 6 N–H and O–H groups in total. The lowest BCUT2D eigenvalue weighted by Crippen LogP contribution is -2.61. The molecule has 0 aromatic rings. The van der Waals surface area contributed by atoms with Crippen LogP contribution in [-0.4, -0.2) is 95.4 Å². The number of ether oxygens (including phenoxy) is 2. The Labute approximate surface area is 506 Å². The SMILES string of the molecule is CCCCCCCCCCCCCC/C=C\CCCCCCCCCCCCCCCCCCC(=O)NC(COC1OC(CO)C(O)C(OS(=O)(=O)O)C1O)C(O)CCCCCCCCCCCCCCCCCCCCCCCCC. The van der Waals surface area contributed by atoms with E-state index in [4.69, 9.17) is 9.47 Å². The number of unbranched alkanes of at least 4 members (excludes halogenated alkanes) is 50. The highest BCUT2D eigenvalue weighted by molar-refractivity contribution is 7.80. The van der Waals surface area contributed by atoms with Gasteiger partial charge in [0.15, 0.2) is 6.29 Å². The molecule has 0 aliphatic carbocycles. The summed E-state index contributed by atoms with van der Waals surface area (Å²) in [7, 11) is -5.08. The summed E-state index contributed by atoms with van der Waals surface area (Å²) in [5.74, 6) is -0.221. The summed E-state index contributed by atoms with van der Waals surface area (Å²) in [4.78, 5) is 13.2. The minimum atomic E-state index is -5.08. The van der Waals surface area contributed by atoms with Gasteiger partial charge in [-0.25, -0.2) is 4.18 Å². The number of hydrogen-bond acceptors (Lipinski definition) is 10. The average Bonchev–Trinajstić information content (AvgIpc) is 3.65. The number of carbonyl (C=O) groups excluding carboxylic acids is 1. The Morgan fingerprint density at radius 1 is 0.476 bits per heavy atom. The minimum Gasteiger partial charge on any atom is -0.394 e. The fourth-order valence-corrected chi connectivity index (χ4v) is 12.4. The van der Waals surface area contributed by atoms with Crippen LogP contribution in [0.4, 0.5) is 0 Å². The fourth-order valence-electron chi connectivity index (χ4n) is 11.9. The van der Waals surface area contributed by atoms with Gasteiger partial charge >= 0.3 is 10.4 Å². The molecule has 1 fully saturated rings. The normalized spacial score (nSPS) is 18.5. The highest BCUT2D eigenvalue weighted by Gasteiger charge is 2.48. The number of aliphatic hydroxyl groups is 4. The van der Waals surface area contributed by atoms with Crippen molar-refractivity contribution in [2.45, 2.75) is 410 Å². The highest BCUT2D eigenvalue weighted by atomic mass is 32.3. The van der Waals surface area contributed by atoms with E-state index in [0.29, 0.717) is 12.8 Å². The number of hydrogen-bond donors (Lipinski definition) is 6. The Hall–Kier alpha value is -1.16. The molecular formula is C69H135NO11S. The summed E-state index contributed by atoms with van der Waals surface area (Å²) < 4.78 is 48.1. The first-order chi connectivity index (χ1) is 40.0. The van der Waals surface area contributed by atoms with Gasteiger partial charge in [0.2, 0.25) is 5.91 Å². The lowest BCUT2D eigenvalue weighted by atomic mass is 9.99. The van der Waals surface area contributed by atoms with Crippen LogP contribution >= 0.6 is 0 Å². The van der Waals surface area contributed by atoms with Crippen LogP contribution in [0.3, 0.4) is 0 Å². The van der Waals surface area contributed by atoms with Crippen molar-refractivity contribution in [3.05, 3.63) is 12.2 Å². The third kappa shape index (κ3) is 49.9. The van der Waals surface area contributed by atoms with Crippen LogP contribution in [0, 0.1) is 0 Å². The van der Waals surface area contributed by atoms with Crippen molar-refractivity contribution in [1.82, 2.24) is 5.32 Å². The Morgan fingerprint density at radius 3 is 1.10 bits per heavy atom. The van der Waals surface area contributed by atoms with Crippen LogP contribution in [0.5, 0.6) is 0 Å². The monoisotopic (exact) mass is 1190 g/mol. The highest BCUT2D eigenvalue weighted by Crippen LogP contribution is 2.27. The molecule has 1 heterocycles. The maximum Gasteiger partial charge on any atom is 0.397 e. The van der Waals surface area contributed by atoms with Gasteiger partial charge in [-0.3, -0.25) is 9.35 Å². The quantitative estimate of drug-likeness (QED) is 0.0193. The number of aliphatic hydroxyl groups excluding tert-OH is 4. The Morgan fingerprint density at radius 2 is 0.780 bits per heavy atom. The van der Waals surface area contributed by atoms with Gasteiger partial charge in [-0.15, -0.1) is 0 Å². The molecule has 7 unspecified atom stereocenters. The van der Waals surface area contributed by atoms with Crippen LogP contribution in [-0.2, 0) is 28.9 Å². The first-order valence-electron chi connectivity index (χ1n) is 35.6. The second-order valence-corrected chi connectivity index (χ2v) is 26.2. The molecule has 12 nitrogen and oxygen atoms in total. The second kappa shape index (κ2) is 58.8. The van der Waals surface area contributed by atoms with E-state index >= 15 is 0 Å². The minimum absolute atomic E-state index is 0.221. The third-order valence-electron chi connectivity index (χ3n) is 17.3. The van der Waals surface area contributed by atoms with E-state index in [0.717, 1.165) is 51.4 Å². The third-order valence-corrected chi connectivity index (χ3v) is 17.8. The van der Waals surface area contributed by atoms with Crippen molar-refractivity contribution in [2.24, 2.45) is 0 Å². The van der Waals surface area contributed by atoms with Crippen molar-refractivity contribution in [3.8, 4) is 0 Å². The smallest absolute Gasteiger partial charge is 0.394 e. The predicted molar refractivity (Wildman–Crippen MR) is 342 cm³/mol.